The molecule has 0 aliphatic heterocycles. The van der Waals surface area contributed by atoms with Gasteiger partial charge in [0.1, 0.15) is 5.82 Å². The van der Waals surface area contributed by atoms with Crippen molar-refractivity contribution in [3.63, 3.8) is 0 Å². The van der Waals surface area contributed by atoms with E-state index in [4.69, 9.17) is 5.73 Å². The van der Waals surface area contributed by atoms with Gasteiger partial charge >= 0.3 is 0 Å². The van der Waals surface area contributed by atoms with Crippen molar-refractivity contribution in [1.82, 2.24) is 10.7 Å². The maximum absolute atomic E-state index is 7.20. The van der Waals surface area contributed by atoms with Crippen LogP contribution in [0.15, 0.2) is 18.3 Å². The minimum Gasteiger partial charge on any atom is -0.283 e. The number of aromatic nitrogens is 1. The Morgan fingerprint density at radius 2 is 2.40 bits per heavy atom. The van der Waals surface area contributed by atoms with Crippen molar-refractivity contribution in [3.8, 4) is 0 Å². The molecule has 1 radical (unpaired) electrons. The van der Waals surface area contributed by atoms with E-state index < -0.39 is 0 Å². The summed E-state index contributed by atoms with van der Waals surface area (Å²) < 4.78 is 0. The van der Waals surface area contributed by atoms with Gasteiger partial charge in [-0.2, -0.15) is 0 Å². The van der Waals surface area contributed by atoms with E-state index >= 15 is 0 Å². The lowest BCUT2D eigenvalue weighted by molar-refractivity contribution is 0.918. The van der Waals surface area contributed by atoms with E-state index in [-0.39, 0.29) is 0 Å². The van der Waals surface area contributed by atoms with Crippen molar-refractivity contribution in [1.29, 1.82) is 0 Å². The van der Waals surface area contributed by atoms with E-state index in [1.165, 1.54) is 5.56 Å². The summed E-state index contributed by atoms with van der Waals surface area (Å²) in [6.45, 7) is 2.13. The molecule has 0 aliphatic carbocycles. The van der Waals surface area contributed by atoms with Gasteiger partial charge in [0, 0.05) is 6.20 Å². The fourth-order valence-corrected chi connectivity index (χ4v) is 0.918. The second-order valence-electron chi connectivity index (χ2n) is 2.30. The number of pyridine rings is 1. The highest BCUT2D eigenvalue weighted by atomic mass is 14.8. The lowest BCUT2D eigenvalue weighted by Gasteiger charge is -1.96. The van der Waals surface area contributed by atoms with Crippen LogP contribution in [-0.4, -0.2) is 4.98 Å². The monoisotopic (exact) mass is 135 g/mol. The topological polar surface area (TPSA) is 36.7 Å². The van der Waals surface area contributed by atoms with E-state index in [9.17, 15) is 0 Å². The second kappa shape index (κ2) is 3.20. The van der Waals surface area contributed by atoms with Gasteiger partial charge in [0.25, 0.3) is 0 Å². The molecule has 1 N–H and O–H groups in total. The average Bonchev–Trinajstić information content (AvgIpc) is 1.88. The van der Waals surface area contributed by atoms with E-state index in [1.54, 1.807) is 6.20 Å². The van der Waals surface area contributed by atoms with E-state index in [1.807, 2.05) is 12.1 Å². The lowest BCUT2D eigenvalue weighted by Crippen LogP contribution is -1.84. The van der Waals surface area contributed by atoms with Crippen LogP contribution in [0.25, 0.3) is 0 Å². The fraction of sp³-hybridized carbons (Fsp3) is 0.375. The molecule has 1 rings (SSSR count). The normalized spacial score (nSPS) is 9.70. The molecule has 0 bridgehead atoms. The lowest BCUT2D eigenvalue weighted by atomic mass is 10.1. The van der Waals surface area contributed by atoms with Gasteiger partial charge in [0.2, 0.25) is 0 Å². The molecule has 1 aromatic heterocycles. The van der Waals surface area contributed by atoms with Gasteiger partial charge in [-0.3, -0.25) is 5.73 Å². The van der Waals surface area contributed by atoms with Crippen molar-refractivity contribution in [2.24, 2.45) is 0 Å². The molecule has 10 heavy (non-hydrogen) atoms. The highest BCUT2D eigenvalue weighted by molar-refractivity contribution is 5.28. The molecule has 2 nitrogen and oxygen atoms in total. The fourth-order valence-electron chi connectivity index (χ4n) is 0.918. The Hall–Kier alpha value is -1.05. The summed E-state index contributed by atoms with van der Waals surface area (Å²) in [5, 5.41) is 0. The molecule has 1 heterocycles. The van der Waals surface area contributed by atoms with Crippen LogP contribution < -0.4 is 5.73 Å². The predicted octanol–water partition coefficient (Wildman–Crippen LogP) is 1.95. The Kier molecular flexibility index (Phi) is 2.26. The average molecular weight is 135 g/mol. The number of nitrogens with one attached hydrogen (secondary N) is 1. The van der Waals surface area contributed by atoms with E-state index in [0.29, 0.717) is 5.82 Å². The molecule has 0 saturated carbocycles. The molecule has 0 unspecified atom stereocenters. The molecule has 0 amide bonds. The molecule has 0 spiro atoms. The summed E-state index contributed by atoms with van der Waals surface area (Å²) in [5.74, 6) is 0.367. The summed E-state index contributed by atoms with van der Waals surface area (Å²) in [6, 6.07) is 3.77. The molecule has 0 aliphatic rings. The smallest absolute Gasteiger partial charge is 0.144 e. The van der Waals surface area contributed by atoms with Crippen LogP contribution in [-0.2, 0) is 6.42 Å². The number of nitrogens with zero attached hydrogens (tertiary/aromatic N) is 1. The molecular formula is C8H11N2. The molecule has 0 aromatic carbocycles. The molecule has 1 aromatic rings. The molecule has 0 atom stereocenters. The van der Waals surface area contributed by atoms with Crippen LogP contribution in [0.4, 0.5) is 5.82 Å². The zero-order valence-electron chi connectivity index (χ0n) is 6.09. The van der Waals surface area contributed by atoms with Crippen molar-refractivity contribution < 1.29 is 0 Å². The maximum atomic E-state index is 7.20. The van der Waals surface area contributed by atoms with Crippen LogP contribution in [0, 0.1) is 0 Å². The molecule has 0 fully saturated rings. The first-order chi connectivity index (χ1) is 4.83. The molecule has 0 saturated heterocycles. The highest BCUT2D eigenvalue weighted by Gasteiger charge is 1.91. The van der Waals surface area contributed by atoms with Gasteiger partial charge in [-0.05, 0) is 24.1 Å². The third kappa shape index (κ3) is 1.72. The Bertz CT molecular complexity index is 208. The standard InChI is InChI=1S/C8H11N2/c1-2-3-7-4-5-10-8(9)6-7/h4-6,9H,2-3H2,1H3. The van der Waals surface area contributed by atoms with Crippen LogP contribution in [0.3, 0.4) is 0 Å². The SMILES string of the molecule is CCCc1ccnc([NH])c1. The van der Waals surface area contributed by atoms with Gasteiger partial charge in [-0.25, -0.2) is 4.98 Å². The quantitative estimate of drug-likeness (QED) is 0.610. The van der Waals surface area contributed by atoms with Crippen LogP contribution >= 0.6 is 0 Å². The number of rotatable bonds is 2. The van der Waals surface area contributed by atoms with Crippen molar-refractivity contribution >= 4 is 5.82 Å². The van der Waals surface area contributed by atoms with Crippen LogP contribution in [0.1, 0.15) is 18.9 Å². The molecule has 53 valence electrons. The Labute approximate surface area is 61.1 Å². The summed E-state index contributed by atoms with van der Waals surface area (Å²) in [6.07, 6.45) is 3.87. The van der Waals surface area contributed by atoms with E-state index in [2.05, 4.69) is 11.9 Å². The van der Waals surface area contributed by atoms with Crippen LogP contribution in [0.2, 0.25) is 0 Å². The maximum Gasteiger partial charge on any atom is 0.144 e. The third-order valence-corrected chi connectivity index (χ3v) is 1.36. The number of hydrogen-bond acceptors (Lipinski definition) is 1. The first-order valence-corrected chi connectivity index (χ1v) is 3.49. The second-order valence-corrected chi connectivity index (χ2v) is 2.30. The summed E-state index contributed by atoms with van der Waals surface area (Å²) in [7, 11) is 0. The molecular weight excluding hydrogens is 124 g/mol. The highest BCUT2D eigenvalue weighted by Crippen LogP contribution is 2.05. The largest absolute Gasteiger partial charge is 0.283 e. The van der Waals surface area contributed by atoms with Crippen LogP contribution in [0.5, 0.6) is 0 Å². The first kappa shape index (κ1) is 7.06. The Morgan fingerprint density at radius 3 is 3.00 bits per heavy atom. The first-order valence-electron chi connectivity index (χ1n) is 3.49. The van der Waals surface area contributed by atoms with E-state index in [0.717, 1.165) is 12.8 Å². The van der Waals surface area contributed by atoms with Crippen molar-refractivity contribution in [2.45, 2.75) is 19.8 Å². The summed E-state index contributed by atoms with van der Waals surface area (Å²) in [4.78, 5) is 3.79. The minimum atomic E-state index is 0.367. The Balaban J connectivity index is 2.75. The minimum absolute atomic E-state index is 0.367. The van der Waals surface area contributed by atoms with Crippen molar-refractivity contribution in [2.75, 3.05) is 0 Å². The summed E-state index contributed by atoms with van der Waals surface area (Å²) in [5.41, 5.74) is 8.41. The van der Waals surface area contributed by atoms with Crippen molar-refractivity contribution in [3.05, 3.63) is 23.9 Å². The zero-order chi connectivity index (χ0) is 7.40. The predicted molar refractivity (Wildman–Crippen MR) is 41.0 cm³/mol. The van der Waals surface area contributed by atoms with Gasteiger partial charge in [0.15, 0.2) is 0 Å². The van der Waals surface area contributed by atoms with Gasteiger partial charge < -0.3 is 0 Å². The number of aryl methyl sites for hydroxylation is 1. The van der Waals surface area contributed by atoms with Gasteiger partial charge in [0.05, 0.1) is 0 Å². The number of hydrogen-bond donors (Lipinski definition) is 0. The van der Waals surface area contributed by atoms with Gasteiger partial charge in [-0.15, -0.1) is 0 Å². The van der Waals surface area contributed by atoms with Gasteiger partial charge in [-0.1, -0.05) is 13.3 Å². The molecule has 2 heteroatoms. The Morgan fingerprint density at radius 1 is 1.60 bits per heavy atom. The summed E-state index contributed by atoms with van der Waals surface area (Å²) >= 11 is 0. The zero-order valence-corrected chi connectivity index (χ0v) is 6.09. The third-order valence-electron chi connectivity index (χ3n) is 1.36.